The van der Waals surface area contributed by atoms with Crippen molar-refractivity contribution < 1.29 is 33.4 Å². The van der Waals surface area contributed by atoms with Crippen LogP contribution in [0.15, 0.2) is 30.3 Å². The van der Waals surface area contributed by atoms with Crippen LogP contribution in [-0.2, 0) is 23.8 Å². The van der Waals surface area contributed by atoms with Crippen molar-refractivity contribution in [3.63, 3.8) is 0 Å². The topological polar surface area (TPSA) is 102 Å². The molecular formula is C20H24N2O7. The fraction of sp³-hybridized carbons (Fsp3) is 0.400. The predicted octanol–water partition coefficient (Wildman–Crippen LogP) is 1.33. The Hall–Kier alpha value is -3.36. The number of ether oxygens (including phenoxy) is 3. The first kappa shape index (κ1) is 21.9. The van der Waals surface area contributed by atoms with Crippen LogP contribution in [0, 0.1) is 0 Å². The molecule has 156 valence electrons. The quantitative estimate of drug-likeness (QED) is 0.400. The Labute approximate surface area is 168 Å². The summed E-state index contributed by atoms with van der Waals surface area (Å²) in [5.74, 6) is -1.42. The van der Waals surface area contributed by atoms with Crippen molar-refractivity contribution in [1.29, 1.82) is 0 Å². The van der Waals surface area contributed by atoms with E-state index in [0.29, 0.717) is 43.9 Å². The minimum absolute atomic E-state index is 0.302. The smallest absolute Gasteiger partial charge is 0.409 e. The predicted molar refractivity (Wildman–Crippen MR) is 103 cm³/mol. The van der Waals surface area contributed by atoms with Gasteiger partial charge in [-0.05, 0) is 30.7 Å². The standard InChI is InChI=1S/C20H24N2O7/c1-3-28-20(26)22-12-10-21(11-13-22)17(23)14-29-18(24)9-6-15-4-7-16(8-5-15)19(25)27-2/h4-9H,3,10-14H2,1-2H3/b9-6+. The number of nitrogens with zero attached hydrogens (tertiary/aromatic N) is 2. The van der Waals surface area contributed by atoms with E-state index in [1.54, 1.807) is 31.2 Å². The third-order valence-corrected chi connectivity index (χ3v) is 4.24. The summed E-state index contributed by atoms with van der Waals surface area (Å²) in [6.45, 7) is 3.13. The zero-order chi connectivity index (χ0) is 21.2. The molecule has 0 aromatic heterocycles. The van der Waals surface area contributed by atoms with E-state index >= 15 is 0 Å². The van der Waals surface area contributed by atoms with Gasteiger partial charge in [-0.1, -0.05) is 12.1 Å². The number of piperazine rings is 1. The lowest BCUT2D eigenvalue weighted by molar-refractivity contribution is -0.148. The lowest BCUT2D eigenvalue weighted by Crippen LogP contribution is -2.51. The van der Waals surface area contributed by atoms with Gasteiger partial charge in [0.25, 0.3) is 5.91 Å². The van der Waals surface area contributed by atoms with E-state index in [2.05, 4.69) is 4.74 Å². The first-order valence-corrected chi connectivity index (χ1v) is 9.17. The Morgan fingerprint density at radius 1 is 0.966 bits per heavy atom. The molecule has 2 rings (SSSR count). The summed E-state index contributed by atoms with van der Waals surface area (Å²) in [5.41, 5.74) is 1.09. The maximum atomic E-state index is 12.2. The Morgan fingerprint density at radius 3 is 2.17 bits per heavy atom. The molecular weight excluding hydrogens is 380 g/mol. The summed E-state index contributed by atoms with van der Waals surface area (Å²) in [4.78, 5) is 50.1. The van der Waals surface area contributed by atoms with Crippen LogP contribution >= 0.6 is 0 Å². The number of amides is 2. The highest BCUT2D eigenvalue weighted by Gasteiger charge is 2.25. The van der Waals surface area contributed by atoms with Crippen molar-refractivity contribution in [3.05, 3.63) is 41.5 Å². The van der Waals surface area contributed by atoms with Crippen molar-refractivity contribution >= 4 is 30.0 Å². The number of hydrogen-bond donors (Lipinski definition) is 0. The number of esters is 2. The van der Waals surface area contributed by atoms with Crippen molar-refractivity contribution in [3.8, 4) is 0 Å². The van der Waals surface area contributed by atoms with E-state index in [1.165, 1.54) is 29.1 Å². The summed E-state index contributed by atoms with van der Waals surface area (Å²) >= 11 is 0. The number of carbonyl (C=O) groups is 4. The van der Waals surface area contributed by atoms with Crippen molar-refractivity contribution in [2.45, 2.75) is 6.92 Å². The van der Waals surface area contributed by atoms with E-state index < -0.39 is 18.0 Å². The molecule has 0 N–H and O–H groups in total. The zero-order valence-corrected chi connectivity index (χ0v) is 16.5. The van der Waals surface area contributed by atoms with Crippen LogP contribution in [0.25, 0.3) is 6.08 Å². The van der Waals surface area contributed by atoms with Crippen LogP contribution in [0.1, 0.15) is 22.8 Å². The molecule has 1 aliphatic heterocycles. The zero-order valence-electron chi connectivity index (χ0n) is 16.5. The summed E-state index contributed by atoms with van der Waals surface area (Å²) in [5, 5.41) is 0. The van der Waals surface area contributed by atoms with Crippen LogP contribution in [0.2, 0.25) is 0 Å². The molecule has 1 fully saturated rings. The fourth-order valence-electron chi connectivity index (χ4n) is 2.64. The first-order chi connectivity index (χ1) is 13.9. The van der Waals surface area contributed by atoms with Gasteiger partial charge in [-0.2, -0.15) is 0 Å². The molecule has 0 bridgehead atoms. The molecule has 0 saturated carbocycles. The average molecular weight is 404 g/mol. The highest BCUT2D eigenvalue weighted by Crippen LogP contribution is 2.08. The summed E-state index contributed by atoms with van der Waals surface area (Å²) in [6.07, 6.45) is 2.33. The molecule has 1 aliphatic rings. The van der Waals surface area contributed by atoms with Gasteiger partial charge in [0.1, 0.15) is 0 Å². The third-order valence-electron chi connectivity index (χ3n) is 4.24. The largest absolute Gasteiger partial charge is 0.465 e. The van der Waals surface area contributed by atoms with Gasteiger partial charge < -0.3 is 24.0 Å². The molecule has 0 aliphatic carbocycles. The monoisotopic (exact) mass is 404 g/mol. The van der Waals surface area contributed by atoms with E-state index in [1.807, 2.05) is 0 Å². The van der Waals surface area contributed by atoms with Gasteiger partial charge in [-0.25, -0.2) is 14.4 Å². The van der Waals surface area contributed by atoms with E-state index in [-0.39, 0.29) is 12.5 Å². The van der Waals surface area contributed by atoms with Gasteiger partial charge in [-0.3, -0.25) is 4.79 Å². The molecule has 0 spiro atoms. The van der Waals surface area contributed by atoms with Crippen LogP contribution in [0.3, 0.4) is 0 Å². The van der Waals surface area contributed by atoms with Crippen molar-refractivity contribution in [1.82, 2.24) is 9.80 Å². The summed E-state index contributed by atoms with van der Waals surface area (Å²) in [6, 6.07) is 6.47. The molecule has 0 atom stereocenters. The first-order valence-electron chi connectivity index (χ1n) is 9.17. The normalized spacial score (nSPS) is 13.9. The van der Waals surface area contributed by atoms with Crippen LogP contribution in [-0.4, -0.2) is 80.2 Å². The molecule has 2 amide bonds. The van der Waals surface area contributed by atoms with Gasteiger partial charge in [-0.15, -0.1) is 0 Å². The Balaban J connectivity index is 1.74. The van der Waals surface area contributed by atoms with Crippen molar-refractivity contribution in [2.24, 2.45) is 0 Å². The number of rotatable bonds is 6. The minimum atomic E-state index is -0.652. The maximum Gasteiger partial charge on any atom is 0.409 e. The molecule has 0 radical (unpaired) electrons. The average Bonchev–Trinajstić information content (AvgIpc) is 2.76. The lowest BCUT2D eigenvalue weighted by Gasteiger charge is -2.33. The Kier molecular flexibility index (Phi) is 8.20. The summed E-state index contributed by atoms with van der Waals surface area (Å²) < 4.78 is 14.5. The second-order valence-electron chi connectivity index (χ2n) is 6.12. The third kappa shape index (κ3) is 6.63. The van der Waals surface area contributed by atoms with Gasteiger partial charge in [0.05, 0.1) is 19.3 Å². The lowest BCUT2D eigenvalue weighted by atomic mass is 10.1. The number of hydrogen-bond acceptors (Lipinski definition) is 7. The van der Waals surface area contributed by atoms with E-state index in [9.17, 15) is 19.2 Å². The molecule has 1 saturated heterocycles. The maximum absolute atomic E-state index is 12.2. The van der Waals surface area contributed by atoms with Gasteiger partial charge in [0.2, 0.25) is 0 Å². The fourth-order valence-corrected chi connectivity index (χ4v) is 2.64. The van der Waals surface area contributed by atoms with Gasteiger partial charge in [0, 0.05) is 32.3 Å². The van der Waals surface area contributed by atoms with Crippen LogP contribution in [0.4, 0.5) is 4.79 Å². The molecule has 9 nitrogen and oxygen atoms in total. The van der Waals surface area contributed by atoms with Crippen LogP contribution in [0.5, 0.6) is 0 Å². The minimum Gasteiger partial charge on any atom is -0.465 e. The Bertz CT molecular complexity index is 766. The second-order valence-corrected chi connectivity index (χ2v) is 6.12. The molecule has 9 heteroatoms. The van der Waals surface area contributed by atoms with Gasteiger partial charge in [0.15, 0.2) is 6.61 Å². The summed E-state index contributed by atoms with van der Waals surface area (Å²) in [7, 11) is 1.30. The highest BCUT2D eigenvalue weighted by atomic mass is 16.6. The van der Waals surface area contributed by atoms with Crippen molar-refractivity contribution in [2.75, 3.05) is 46.5 Å². The van der Waals surface area contributed by atoms with Gasteiger partial charge >= 0.3 is 18.0 Å². The van der Waals surface area contributed by atoms with E-state index in [4.69, 9.17) is 9.47 Å². The number of benzene rings is 1. The SMILES string of the molecule is CCOC(=O)N1CCN(C(=O)COC(=O)/C=C/c2ccc(C(=O)OC)cc2)CC1. The molecule has 1 aromatic carbocycles. The number of carbonyl (C=O) groups excluding carboxylic acids is 4. The molecule has 29 heavy (non-hydrogen) atoms. The second kappa shape index (κ2) is 10.8. The molecule has 1 aromatic rings. The van der Waals surface area contributed by atoms with Crippen LogP contribution < -0.4 is 0 Å². The Morgan fingerprint density at radius 2 is 1.59 bits per heavy atom. The van der Waals surface area contributed by atoms with E-state index in [0.717, 1.165) is 0 Å². The molecule has 1 heterocycles. The number of methoxy groups -OCH3 is 1. The highest BCUT2D eigenvalue weighted by molar-refractivity contribution is 5.91. The molecule has 0 unspecified atom stereocenters.